The van der Waals surface area contributed by atoms with Gasteiger partial charge in [0.15, 0.2) is 6.61 Å². The molecule has 30 heavy (non-hydrogen) atoms. The predicted octanol–water partition coefficient (Wildman–Crippen LogP) is 6.59. The maximum absolute atomic E-state index is 10.6. The number of hydrogen-bond donors (Lipinski definition) is 1. The quantitative estimate of drug-likeness (QED) is 0.383. The van der Waals surface area contributed by atoms with Crippen LogP contribution in [-0.4, -0.2) is 23.4 Å². The van der Waals surface area contributed by atoms with E-state index in [4.69, 9.17) is 21.4 Å². The van der Waals surface area contributed by atoms with Gasteiger partial charge in [0.1, 0.15) is 5.75 Å². The molecule has 0 heterocycles. The van der Waals surface area contributed by atoms with Gasteiger partial charge in [-0.25, -0.2) is 4.79 Å². The molecule has 0 aliphatic heterocycles. The van der Waals surface area contributed by atoms with Crippen molar-refractivity contribution in [1.82, 2.24) is 0 Å². The van der Waals surface area contributed by atoms with Gasteiger partial charge >= 0.3 is 5.97 Å². The fraction of sp³-hybridized carbons (Fsp3) is 0.160. The first kappa shape index (κ1) is 22.0. The van der Waals surface area contributed by atoms with Crippen LogP contribution in [0.5, 0.6) is 5.75 Å². The Morgan fingerprint density at radius 2 is 1.80 bits per heavy atom. The minimum atomic E-state index is -1.02. The Morgan fingerprint density at radius 1 is 1.07 bits per heavy atom. The van der Waals surface area contributed by atoms with E-state index in [9.17, 15) is 4.79 Å². The third-order valence-corrected chi connectivity index (χ3v) is 5.99. The van der Waals surface area contributed by atoms with Crippen LogP contribution in [0.15, 0.2) is 83.8 Å². The molecule has 0 spiro atoms. The first-order valence-corrected chi connectivity index (χ1v) is 11.1. The molecule has 3 rings (SSSR count). The highest BCUT2D eigenvalue weighted by Crippen LogP contribution is 2.33. The van der Waals surface area contributed by atoms with Crippen LogP contribution in [-0.2, 0) is 11.2 Å². The van der Waals surface area contributed by atoms with E-state index in [0.717, 1.165) is 17.1 Å². The summed E-state index contributed by atoms with van der Waals surface area (Å²) in [5.41, 5.74) is 4.95. The van der Waals surface area contributed by atoms with E-state index in [2.05, 4.69) is 61.5 Å². The monoisotopic (exact) mass is 438 g/mol. The third kappa shape index (κ3) is 5.91. The van der Waals surface area contributed by atoms with Crippen LogP contribution in [0.4, 0.5) is 0 Å². The van der Waals surface area contributed by atoms with Gasteiger partial charge in [0.25, 0.3) is 0 Å². The van der Waals surface area contributed by atoms with Gasteiger partial charge in [0.05, 0.1) is 5.02 Å². The van der Waals surface area contributed by atoms with Gasteiger partial charge < -0.3 is 9.84 Å². The van der Waals surface area contributed by atoms with Crippen molar-refractivity contribution in [3.8, 4) is 5.75 Å². The highest BCUT2D eigenvalue weighted by Gasteiger charge is 2.10. The third-order valence-electron chi connectivity index (χ3n) is 4.57. The molecule has 0 aliphatic rings. The molecule has 154 valence electrons. The molecule has 0 fully saturated rings. The standard InChI is InChI=1S/C25H23ClO3S/c1-2-18-8-6-7-11-21(18)22(19-9-4-3-5-10-19)14-15-30-24-13-12-20(16-23(24)26)29-17-25(27)28/h3-14,16H,2,15,17H2,1H3,(H,27,28)/b22-14-. The van der Waals surface area contributed by atoms with Crippen molar-refractivity contribution in [1.29, 1.82) is 0 Å². The molecule has 1 N–H and O–H groups in total. The molecule has 3 aromatic rings. The van der Waals surface area contributed by atoms with Crippen molar-refractivity contribution in [2.45, 2.75) is 18.2 Å². The molecule has 5 heteroatoms. The second-order valence-corrected chi connectivity index (χ2v) is 8.05. The molecule has 0 radical (unpaired) electrons. The largest absolute Gasteiger partial charge is 0.482 e. The zero-order valence-corrected chi connectivity index (χ0v) is 18.2. The highest BCUT2D eigenvalue weighted by atomic mass is 35.5. The lowest BCUT2D eigenvalue weighted by molar-refractivity contribution is -0.139. The number of thioether (sulfide) groups is 1. The van der Waals surface area contributed by atoms with Crippen LogP contribution in [0.25, 0.3) is 5.57 Å². The van der Waals surface area contributed by atoms with Crippen LogP contribution in [0.2, 0.25) is 5.02 Å². The van der Waals surface area contributed by atoms with Crippen LogP contribution in [0, 0.1) is 0 Å². The molecule has 0 saturated carbocycles. The van der Waals surface area contributed by atoms with Gasteiger partial charge in [-0.1, -0.05) is 79.2 Å². The van der Waals surface area contributed by atoms with Crippen LogP contribution in [0.1, 0.15) is 23.6 Å². The van der Waals surface area contributed by atoms with Crippen molar-refractivity contribution in [2.24, 2.45) is 0 Å². The fourth-order valence-corrected chi connectivity index (χ4v) is 4.27. The Kier molecular flexibility index (Phi) is 8.00. The number of halogens is 1. The SMILES string of the molecule is CCc1ccccc1/C(=C\CSc1ccc(OCC(=O)O)cc1Cl)c1ccccc1. The van der Waals surface area contributed by atoms with E-state index in [-0.39, 0.29) is 6.61 Å². The minimum absolute atomic E-state index is 0.386. The number of benzene rings is 3. The summed E-state index contributed by atoms with van der Waals surface area (Å²) in [6.45, 7) is 1.78. The average molecular weight is 439 g/mol. The molecule has 3 nitrogen and oxygen atoms in total. The molecule has 0 aromatic heterocycles. The summed E-state index contributed by atoms with van der Waals surface area (Å²) >= 11 is 8.00. The van der Waals surface area contributed by atoms with Crippen molar-refractivity contribution >= 4 is 34.9 Å². The van der Waals surface area contributed by atoms with Crippen LogP contribution < -0.4 is 4.74 Å². The summed E-state index contributed by atoms with van der Waals surface area (Å²) in [7, 11) is 0. The van der Waals surface area contributed by atoms with Gasteiger partial charge in [-0.2, -0.15) is 0 Å². The lowest BCUT2D eigenvalue weighted by atomic mass is 9.93. The number of aliphatic carboxylic acids is 1. The number of rotatable bonds is 9. The van der Waals surface area contributed by atoms with Crippen molar-refractivity contribution in [3.63, 3.8) is 0 Å². The van der Waals surface area contributed by atoms with Gasteiger partial charge in [-0.3, -0.25) is 0 Å². The molecule has 0 bridgehead atoms. The van der Waals surface area contributed by atoms with Crippen molar-refractivity contribution in [2.75, 3.05) is 12.4 Å². The first-order chi connectivity index (χ1) is 14.6. The average Bonchev–Trinajstić information content (AvgIpc) is 2.77. The first-order valence-electron chi connectivity index (χ1n) is 9.69. The molecule has 0 saturated heterocycles. The van der Waals surface area contributed by atoms with Gasteiger partial charge in [-0.05, 0) is 46.9 Å². The molecular weight excluding hydrogens is 416 g/mol. The number of carboxylic acid groups (broad SMARTS) is 1. The van der Waals surface area contributed by atoms with Crippen molar-refractivity contribution < 1.29 is 14.6 Å². The number of carbonyl (C=O) groups is 1. The van der Waals surface area contributed by atoms with Gasteiger partial charge in [0, 0.05) is 10.6 Å². The minimum Gasteiger partial charge on any atom is -0.482 e. The Morgan fingerprint density at radius 3 is 2.50 bits per heavy atom. The zero-order valence-electron chi connectivity index (χ0n) is 16.7. The highest BCUT2D eigenvalue weighted by molar-refractivity contribution is 7.99. The molecule has 0 unspecified atom stereocenters. The van der Waals surface area contributed by atoms with E-state index in [0.29, 0.717) is 10.8 Å². The second-order valence-electron chi connectivity index (χ2n) is 6.58. The normalized spacial score (nSPS) is 11.3. The molecule has 3 aromatic carbocycles. The van der Waals surface area contributed by atoms with E-state index in [1.807, 2.05) is 12.1 Å². The van der Waals surface area contributed by atoms with E-state index >= 15 is 0 Å². The second kappa shape index (κ2) is 10.9. The summed E-state index contributed by atoms with van der Waals surface area (Å²) in [6, 6.07) is 24.1. The molecule has 0 aliphatic carbocycles. The van der Waals surface area contributed by atoms with Gasteiger partial charge in [-0.15, -0.1) is 11.8 Å². The van der Waals surface area contributed by atoms with Crippen LogP contribution >= 0.6 is 23.4 Å². The molecule has 0 amide bonds. The van der Waals surface area contributed by atoms with E-state index in [1.165, 1.54) is 22.3 Å². The number of aryl methyl sites for hydroxylation is 1. The van der Waals surface area contributed by atoms with E-state index in [1.54, 1.807) is 23.9 Å². The van der Waals surface area contributed by atoms with Crippen LogP contribution in [0.3, 0.4) is 0 Å². The fourth-order valence-electron chi connectivity index (χ4n) is 3.14. The Labute approximate surface area is 186 Å². The van der Waals surface area contributed by atoms with E-state index < -0.39 is 5.97 Å². The van der Waals surface area contributed by atoms with Gasteiger partial charge in [0.2, 0.25) is 0 Å². The smallest absolute Gasteiger partial charge is 0.341 e. The summed E-state index contributed by atoms with van der Waals surface area (Å²) in [5.74, 6) is 0.178. The Bertz CT molecular complexity index is 1030. The topological polar surface area (TPSA) is 46.5 Å². The van der Waals surface area contributed by atoms with Crippen molar-refractivity contribution in [3.05, 3.63) is 101 Å². The molecular formula is C25H23ClO3S. The maximum atomic E-state index is 10.6. The Hall–Kier alpha value is -2.69. The summed E-state index contributed by atoms with van der Waals surface area (Å²) in [4.78, 5) is 11.6. The number of ether oxygens (including phenoxy) is 1. The molecule has 0 atom stereocenters. The lowest BCUT2D eigenvalue weighted by Gasteiger charge is -2.13. The predicted molar refractivity (Wildman–Crippen MR) is 125 cm³/mol. The summed E-state index contributed by atoms with van der Waals surface area (Å²) in [5, 5.41) is 9.27. The Balaban J connectivity index is 1.81. The summed E-state index contributed by atoms with van der Waals surface area (Å²) < 4.78 is 5.18. The maximum Gasteiger partial charge on any atom is 0.341 e. The summed E-state index contributed by atoms with van der Waals surface area (Å²) in [6.07, 6.45) is 3.21. The number of carboxylic acids is 1. The lowest BCUT2D eigenvalue weighted by Crippen LogP contribution is -2.09. The number of hydrogen-bond acceptors (Lipinski definition) is 3. The zero-order chi connectivity index (χ0) is 21.3.